The molecule has 1 aromatic carbocycles. The monoisotopic (exact) mass is 245 g/mol. The van der Waals surface area contributed by atoms with Gasteiger partial charge in [-0.2, -0.15) is 0 Å². The van der Waals surface area contributed by atoms with Gasteiger partial charge in [0.15, 0.2) is 0 Å². The van der Waals surface area contributed by atoms with Crippen molar-refractivity contribution in [2.75, 3.05) is 7.11 Å². The molecule has 1 aromatic heterocycles. The van der Waals surface area contributed by atoms with E-state index >= 15 is 0 Å². The summed E-state index contributed by atoms with van der Waals surface area (Å²) in [6.45, 7) is 3.03. The lowest BCUT2D eigenvalue weighted by Crippen LogP contribution is -2.27. The van der Waals surface area contributed by atoms with Gasteiger partial charge < -0.3 is 14.5 Å². The van der Waals surface area contributed by atoms with Crippen LogP contribution in [0.1, 0.15) is 18.1 Å². The van der Waals surface area contributed by atoms with Gasteiger partial charge in [-0.05, 0) is 37.1 Å². The normalized spacial score (nSPS) is 12.3. The molecule has 18 heavy (non-hydrogen) atoms. The summed E-state index contributed by atoms with van der Waals surface area (Å²) in [5.41, 5.74) is 2.49. The van der Waals surface area contributed by atoms with Gasteiger partial charge in [-0.15, -0.1) is 0 Å². The van der Waals surface area contributed by atoms with E-state index in [2.05, 4.69) is 24.4 Å². The van der Waals surface area contributed by atoms with E-state index in [0.717, 1.165) is 18.7 Å². The highest BCUT2D eigenvalue weighted by Gasteiger charge is 2.04. The summed E-state index contributed by atoms with van der Waals surface area (Å²) in [6, 6.07) is 10.6. The fraction of sp³-hybridized carbons (Fsp3) is 0.333. The SMILES string of the molecule is COc1ccc(CC(C)NCc2ccoc2)cc1. The van der Waals surface area contributed by atoms with Crippen molar-refractivity contribution in [3.8, 4) is 5.75 Å². The Kier molecular flexibility index (Phi) is 4.42. The fourth-order valence-corrected chi connectivity index (χ4v) is 1.87. The Balaban J connectivity index is 1.80. The Morgan fingerprint density at radius 1 is 1.17 bits per heavy atom. The van der Waals surface area contributed by atoms with Crippen molar-refractivity contribution in [3.63, 3.8) is 0 Å². The third-order valence-corrected chi connectivity index (χ3v) is 2.94. The molecule has 1 unspecified atom stereocenters. The standard InChI is InChI=1S/C15H19NO2/c1-12(16-10-14-7-8-18-11-14)9-13-3-5-15(17-2)6-4-13/h3-8,11-12,16H,9-10H2,1-2H3. The molecule has 1 heterocycles. The highest BCUT2D eigenvalue weighted by atomic mass is 16.5. The number of furan rings is 1. The molecule has 0 saturated carbocycles. The fourth-order valence-electron chi connectivity index (χ4n) is 1.87. The maximum absolute atomic E-state index is 5.14. The Labute approximate surface area is 108 Å². The summed E-state index contributed by atoms with van der Waals surface area (Å²) < 4.78 is 10.2. The Morgan fingerprint density at radius 3 is 2.56 bits per heavy atom. The number of benzene rings is 1. The van der Waals surface area contributed by atoms with Crippen LogP contribution < -0.4 is 10.1 Å². The van der Waals surface area contributed by atoms with Gasteiger partial charge in [-0.25, -0.2) is 0 Å². The van der Waals surface area contributed by atoms with Crippen molar-refractivity contribution in [2.24, 2.45) is 0 Å². The molecule has 2 rings (SSSR count). The van der Waals surface area contributed by atoms with Crippen LogP contribution in [-0.2, 0) is 13.0 Å². The van der Waals surface area contributed by atoms with Crippen LogP contribution in [0.4, 0.5) is 0 Å². The maximum atomic E-state index is 5.14. The highest BCUT2D eigenvalue weighted by Crippen LogP contribution is 2.12. The molecule has 0 fully saturated rings. The van der Waals surface area contributed by atoms with Crippen LogP contribution in [0.2, 0.25) is 0 Å². The molecule has 1 atom stereocenters. The zero-order valence-electron chi connectivity index (χ0n) is 10.8. The van der Waals surface area contributed by atoms with Gasteiger partial charge in [0, 0.05) is 18.2 Å². The van der Waals surface area contributed by atoms with E-state index in [4.69, 9.17) is 9.15 Å². The van der Waals surface area contributed by atoms with Gasteiger partial charge in [-0.3, -0.25) is 0 Å². The second kappa shape index (κ2) is 6.26. The molecule has 0 saturated heterocycles. The predicted octanol–water partition coefficient (Wildman–Crippen LogP) is 3.01. The topological polar surface area (TPSA) is 34.4 Å². The smallest absolute Gasteiger partial charge is 0.118 e. The van der Waals surface area contributed by atoms with Crippen molar-refractivity contribution >= 4 is 0 Å². The number of hydrogen-bond acceptors (Lipinski definition) is 3. The lowest BCUT2D eigenvalue weighted by atomic mass is 10.1. The van der Waals surface area contributed by atoms with Crippen LogP contribution in [0.25, 0.3) is 0 Å². The minimum atomic E-state index is 0.424. The van der Waals surface area contributed by atoms with Crippen molar-refractivity contribution in [2.45, 2.75) is 25.9 Å². The number of methoxy groups -OCH3 is 1. The molecule has 0 aliphatic carbocycles. The van der Waals surface area contributed by atoms with Gasteiger partial charge in [0.25, 0.3) is 0 Å². The molecule has 0 aliphatic heterocycles. The first-order valence-electron chi connectivity index (χ1n) is 6.15. The first-order chi connectivity index (χ1) is 8.78. The first-order valence-corrected chi connectivity index (χ1v) is 6.15. The average Bonchev–Trinajstić information content (AvgIpc) is 2.90. The molecule has 96 valence electrons. The number of hydrogen-bond donors (Lipinski definition) is 1. The summed E-state index contributed by atoms with van der Waals surface area (Å²) in [4.78, 5) is 0. The van der Waals surface area contributed by atoms with Gasteiger partial charge in [0.2, 0.25) is 0 Å². The van der Waals surface area contributed by atoms with Crippen molar-refractivity contribution in [1.82, 2.24) is 5.32 Å². The number of nitrogens with one attached hydrogen (secondary N) is 1. The molecule has 3 nitrogen and oxygen atoms in total. The van der Waals surface area contributed by atoms with Crippen LogP contribution in [0.5, 0.6) is 5.75 Å². The Hall–Kier alpha value is -1.74. The molecule has 1 N–H and O–H groups in total. The average molecular weight is 245 g/mol. The first kappa shape index (κ1) is 12.7. The molecule has 0 amide bonds. The van der Waals surface area contributed by atoms with E-state index in [1.54, 1.807) is 19.6 Å². The highest BCUT2D eigenvalue weighted by molar-refractivity contribution is 5.27. The molecule has 0 bridgehead atoms. The molecule has 2 aromatic rings. The maximum Gasteiger partial charge on any atom is 0.118 e. The van der Waals surface area contributed by atoms with E-state index < -0.39 is 0 Å². The Morgan fingerprint density at radius 2 is 1.94 bits per heavy atom. The second-order valence-electron chi connectivity index (χ2n) is 4.47. The summed E-state index contributed by atoms with van der Waals surface area (Å²) in [5.74, 6) is 0.901. The van der Waals surface area contributed by atoms with Gasteiger partial charge in [0.05, 0.1) is 19.6 Å². The quantitative estimate of drug-likeness (QED) is 0.849. The lowest BCUT2D eigenvalue weighted by Gasteiger charge is -2.13. The van der Waals surface area contributed by atoms with Crippen LogP contribution in [-0.4, -0.2) is 13.2 Å². The zero-order valence-corrected chi connectivity index (χ0v) is 10.8. The minimum Gasteiger partial charge on any atom is -0.497 e. The molecule has 3 heteroatoms. The largest absolute Gasteiger partial charge is 0.497 e. The van der Waals surface area contributed by atoms with Crippen molar-refractivity contribution in [1.29, 1.82) is 0 Å². The zero-order chi connectivity index (χ0) is 12.8. The van der Waals surface area contributed by atoms with Crippen LogP contribution >= 0.6 is 0 Å². The van der Waals surface area contributed by atoms with E-state index in [-0.39, 0.29) is 0 Å². The predicted molar refractivity (Wildman–Crippen MR) is 71.7 cm³/mol. The van der Waals surface area contributed by atoms with Gasteiger partial charge in [-0.1, -0.05) is 12.1 Å². The molecule has 0 radical (unpaired) electrons. The molecular formula is C15H19NO2. The van der Waals surface area contributed by atoms with E-state index in [1.807, 2.05) is 18.2 Å². The summed E-state index contributed by atoms with van der Waals surface area (Å²) in [5, 5.41) is 3.47. The minimum absolute atomic E-state index is 0.424. The molecule has 0 aliphatic rings. The van der Waals surface area contributed by atoms with Crippen LogP contribution in [0.3, 0.4) is 0 Å². The number of ether oxygens (including phenoxy) is 1. The van der Waals surface area contributed by atoms with Crippen molar-refractivity contribution < 1.29 is 9.15 Å². The van der Waals surface area contributed by atoms with E-state index in [0.29, 0.717) is 6.04 Å². The second-order valence-corrected chi connectivity index (χ2v) is 4.47. The van der Waals surface area contributed by atoms with Gasteiger partial charge >= 0.3 is 0 Å². The third kappa shape index (κ3) is 3.64. The van der Waals surface area contributed by atoms with Crippen LogP contribution in [0.15, 0.2) is 47.3 Å². The third-order valence-electron chi connectivity index (χ3n) is 2.94. The lowest BCUT2D eigenvalue weighted by molar-refractivity contribution is 0.414. The number of rotatable bonds is 6. The van der Waals surface area contributed by atoms with Crippen molar-refractivity contribution in [3.05, 3.63) is 54.0 Å². The van der Waals surface area contributed by atoms with Gasteiger partial charge in [0.1, 0.15) is 5.75 Å². The summed E-state index contributed by atoms with van der Waals surface area (Å²) in [6.07, 6.45) is 4.47. The molecule has 0 spiro atoms. The summed E-state index contributed by atoms with van der Waals surface area (Å²) >= 11 is 0. The molecular weight excluding hydrogens is 226 g/mol. The van der Waals surface area contributed by atoms with E-state index in [9.17, 15) is 0 Å². The Bertz CT molecular complexity index is 448. The van der Waals surface area contributed by atoms with E-state index in [1.165, 1.54) is 11.1 Å². The van der Waals surface area contributed by atoms with Crippen LogP contribution in [0, 0.1) is 0 Å². The summed E-state index contributed by atoms with van der Waals surface area (Å²) in [7, 11) is 1.68.